The molecule has 0 bridgehead atoms. The van der Waals surface area contributed by atoms with Crippen molar-refractivity contribution < 1.29 is 13.2 Å². The van der Waals surface area contributed by atoms with Crippen LogP contribution in [-0.4, -0.2) is 14.3 Å². The van der Waals surface area contributed by atoms with Crippen LogP contribution in [0.5, 0.6) is 0 Å². The first kappa shape index (κ1) is 17.8. The molecule has 2 aromatic rings. The van der Waals surface area contributed by atoms with Crippen molar-refractivity contribution in [3.05, 3.63) is 53.1 Å². The number of hydrogen-bond donors (Lipinski definition) is 2. The van der Waals surface area contributed by atoms with E-state index in [0.717, 1.165) is 12.0 Å². The van der Waals surface area contributed by atoms with Gasteiger partial charge in [0, 0.05) is 16.6 Å². The molecule has 7 heteroatoms. The van der Waals surface area contributed by atoms with Crippen LogP contribution in [-0.2, 0) is 14.8 Å². The van der Waals surface area contributed by atoms with E-state index < -0.39 is 10.0 Å². The maximum atomic E-state index is 12.6. The standard InChI is InChI=1S/C18H19ClN2O3S/c1-11-6-7-15(10-17(11)20-18(22)16-8-12(16)2)25(23,24)21-14-5-3-4-13(19)9-14/h3-7,9-10,12,16,21H,8H2,1-2H3,(H,20,22)/t12-,16+/m0/s1. The van der Waals surface area contributed by atoms with Crippen molar-refractivity contribution in [1.82, 2.24) is 0 Å². The van der Waals surface area contributed by atoms with Gasteiger partial charge in [0.2, 0.25) is 5.91 Å². The molecule has 2 N–H and O–H groups in total. The molecular weight excluding hydrogens is 360 g/mol. The topological polar surface area (TPSA) is 75.3 Å². The predicted molar refractivity (Wildman–Crippen MR) is 99.3 cm³/mol. The maximum Gasteiger partial charge on any atom is 0.261 e. The summed E-state index contributed by atoms with van der Waals surface area (Å²) in [6.45, 7) is 3.85. The number of carbonyl (C=O) groups is 1. The smallest absolute Gasteiger partial charge is 0.261 e. The van der Waals surface area contributed by atoms with Gasteiger partial charge in [-0.25, -0.2) is 8.42 Å². The Morgan fingerprint density at radius 1 is 1.20 bits per heavy atom. The fraction of sp³-hybridized carbons (Fsp3) is 0.278. The maximum absolute atomic E-state index is 12.6. The lowest BCUT2D eigenvalue weighted by atomic mass is 10.2. The molecular formula is C18H19ClN2O3S. The summed E-state index contributed by atoms with van der Waals surface area (Å²) in [5, 5.41) is 3.28. The number of hydrogen-bond acceptors (Lipinski definition) is 3. The fourth-order valence-corrected chi connectivity index (χ4v) is 3.85. The number of carbonyl (C=O) groups excluding carboxylic acids is 1. The molecule has 1 fully saturated rings. The fourth-order valence-electron chi connectivity index (χ4n) is 2.58. The van der Waals surface area contributed by atoms with Crippen molar-refractivity contribution in [2.45, 2.75) is 25.2 Å². The van der Waals surface area contributed by atoms with Gasteiger partial charge in [-0.2, -0.15) is 0 Å². The molecule has 1 amide bonds. The van der Waals surface area contributed by atoms with Gasteiger partial charge in [-0.3, -0.25) is 9.52 Å². The molecule has 0 radical (unpaired) electrons. The summed E-state index contributed by atoms with van der Waals surface area (Å²) >= 11 is 5.89. The number of amides is 1. The molecule has 2 aromatic carbocycles. The van der Waals surface area contributed by atoms with Gasteiger partial charge < -0.3 is 5.32 Å². The summed E-state index contributed by atoms with van der Waals surface area (Å²) in [7, 11) is -3.78. The Kier molecular flexibility index (Phi) is 4.75. The quantitative estimate of drug-likeness (QED) is 0.824. The number of anilines is 2. The molecule has 25 heavy (non-hydrogen) atoms. The summed E-state index contributed by atoms with van der Waals surface area (Å²) < 4.78 is 27.7. The Morgan fingerprint density at radius 2 is 1.92 bits per heavy atom. The molecule has 1 saturated carbocycles. The van der Waals surface area contributed by atoms with E-state index in [2.05, 4.69) is 10.0 Å². The Bertz CT molecular complexity index is 928. The van der Waals surface area contributed by atoms with E-state index in [1.54, 1.807) is 24.3 Å². The van der Waals surface area contributed by atoms with Gasteiger partial charge in [-0.05, 0) is 55.2 Å². The lowest BCUT2D eigenvalue weighted by Gasteiger charge is -2.12. The summed E-state index contributed by atoms with van der Waals surface area (Å²) in [5.41, 5.74) is 1.70. The van der Waals surface area contributed by atoms with Crippen molar-refractivity contribution in [3.63, 3.8) is 0 Å². The van der Waals surface area contributed by atoms with E-state index in [0.29, 0.717) is 22.3 Å². The average Bonchev–Trinajstić information content (AvgIpc) is 3.26. The number of aryl methyl sites for hydroxylation is 1. The third-order valence-corrected chi connectivity index (χ3v) is 5.91. The lowest BCUT2D eigenvalue weighted by molar-refractivity contribution is -0.117. The first-order valence-electron chi connectivity index (χ1n) is 7.96. The Hall–Kier alpha value is -2.05. The monoisotopic (exact) mass is 378 g/mol. The number of benzene rings is 2. The molecule has 3 rings (SSSR count). The second kappa shape index (κ2) is 6.69. The zero-order chi connectivity index (χ0) is 18.2. The van der Waals surface area contributed by atoms with Gasteiger partial charge in [-0.15, -0.1) is 0 Å². The molecule has 0 saturated heterocycles. The highest BCUT2D eigenvalue weighted by Crippen LogP contribution is 2.38. The normalized spacial score (nSPS) is 19.3. The first-order valence-corrected chi connectivity index (χ1v) is 9.82. The molecule has 0 aromatic heterocycles. The van der Waals surface area contributed by atoms with Gasteiger partial charge in [0.05, 0.1) is 10.6 Å². The molecule has 1 aliphatic rings. The van der Waals surface area contributed by atoms with E-state index in [1.807, 2.05) is 13.8 Å². The van der Waals surface area contributed by atoms with Crippen LogP contribution in [0.4, 0.5) is 11.4 Å². The zero-order valence-electron chi connectivity index (χ0n) is 13.9. The molecule has 2 atom stereocenters. The van der Waals surface area contributed by atoms with Gasteiger partial charge in [0.15, 0.2) is 0 Å². The zero-order valence-corrected chi connectivity index (χ0v) is 15.5. The lowest BCUT2D eigenvalue weighted by Crippen LogP contribution is -2.17. The minimum atomic E-state index is -3.78. The van der Waals surface area contributed by atoms with Crippen LogP contribution in [0.3, 0.4) is 0 Å². The van der Waals surface area contributed by atoms with Crippen LogP contribution in [0.25, 0.3) is 0 Å². The van der Waals surface area contributed by atoms with E-state index in [9.17, 15) is 13.2 Å². The first-order chi connectivity index (χ1) is 11.8. The Labute approximate surface area is 152 Å². The average molecular weight is 379 g/mol. The third kappa shape index (κ3) is 4.14. The summed E-state index contributed by atoms with van der Waals surface area (Å²) in [5.74, 6) is 0.342. The van der Waals surface area contributed by atoms with Crippen molar-refractivity contribution >= 4 is 38.9 Å². The highest BCUT2D eigenvalue weighted by molar-refractivity contribution is 7.92. The number of nitrogens with one attached hydrogen (secondary N) is 2. The summed E-state index contributed by atoms with van der Waals surface area (Å²) in [4.78, 5) is 12.2. The van der Waals surface area contributed by atoms with Crippen molar-refractivity contribution in [3.8, 4) is 0 Å². The third-order valence-electron chi connectivity index (χ3n) is 4.30. The van der Waals surface area contributed by atoms with Crippen LogP contribution in [0.1, 0.15) is 18.9 Å². The van der Waals surface area contributed by atoms with E-state index in [4.69, 9.17) is 11.6 Å². The Morgan fingerprint density at radius 3 is 2.56 bits per heavy atom. The summed E-state index contributed by atoms with van der Waals surface area (Å²) in [6.07, 6.45) is 0.874. The SMILES string of the molecule is Cc1ccc(S(=O)(=O)Nc2cccc(Cl)c2)cc1NC(=O)[C@@H]1C[C@@H]1C. The van der Waals surface area contributed by atoms with Crippen molar-refractivity contribution in [2.75, 3.05) is 10.0 Å². The Balaban J connectivity index is 1.83. The van der Waals surface area contributed by atoms with E-state index >= 15 is 0 Å². The number of halogens is 1. The van der Waals surface area contributed by atoms with Gasteiger partial charge in [-0.1, -0.05) is 30.7 Å². The highest BCUT2D eigenvalue weighted by Gasteiger charge is 2.39. The largest absolute Gasteiger partial charge is 0.326 e. The highest BCUT2D eigenvalue weighted by atomic mass is 35.5. The van der Waals surface area contributed by atoms with E-state index in [-0.39, 0.29) is 16.7 Å². The second-order valence-electron chi connectivity index (χ2n) is 6.40. The van der Waals surface area contributed by atoms with Crippen LogP contribution in [0.2, 0.25) is 5.02 Å². The number of rotatable bonds is 5. The van der Waals surface area contributed by atoms with Crippen molar-refractivity contribution in [1.29, 1.82) is 0 Å². The van der Waals surface area contributed by atoms with Crippen LogP contribution in [0, 0.1) is 18.8 Å². The van der Waals surface area contributed by atoms with Gasteiger partial charge in [0.1, 0.15) is 0 Å². The molecule has 0 heterocycles. The minimum Gasteiger partial charge on any atom is -0.326 e. The minimum absolute atomic E-state index is 0.0178. The van der Waals surface area contributed by atoms with Crippen LogP contribution in [0.15, 0.2) is 47.4 Å². The van der Waals surface area contributed by atoms with E-state index in [1.165, 1.54) is 18.2 Å². The number of sulfonamides is 1. The van der Waals surface area contributed by atoms with Gasteiger partial charge >= 0.3 is 0 Å². The molecule has 1 aliphatic carbocycles. The predicted octanol–water partition coefficient (Wildman–Crippen LogP) is 4.04. The summed E-state index contributed by atoms with van der Waals surface area (Å²) in [6, 6.07) is 11.2. The molecule has 0 aliphatic heterocycles. The molecule has 132 valence electrons. The second-order valence-corrected chi connectivity index (χ2v) is 8.52. The van der Waals surface area contributed by atoms with Crippen LogP contribution >= 0.6 is 11.6 Å². The van der Waals surface area contributed by atoms with Crippen LogP contribution < -0.4 is 10.0 Å². The van der Waals surface area contributed by atoms with Crippen molar-refractivity contribution in [2.24, 2.45) is 11.8 Å². The molecule has 0 spiro atoms. The molecule has 0 unspecified atom stereocenters. The molecule has 5 nitrogen and oxygen atoms in total. The van der Waals surface area contributed by atoms with Gasteiger partial charge in [0.25, 0.3) is 10.0 Å².